The number of carbonyl (C=O) groups is 1. The van der Waals surface area contributed by atoms with Crippen LogP contribution < -0.4 is 4.74 Å². The van der Waals surface area contributed by atoms with Gasteiger partial charge in [-0.25, -0.2) is 9.97 Å². The van der Waals surface area contributed by atoms with E-state index in [2.05, 4.69) is 9.97 Å². The van der Waals surface area contributed by atoms with Gasteiger partial charge < -0.3 is 4.74 Å². The summed E-state index contributed by atoms with van der Waals surface area (Å²) in [7, 11) is 1.51. The normalized spacial score (nSPS) is 10.1. The molecule has 0 saturated carbocycles. The van der Waals surface area contributed by atoms with E-state index in [1.807, 2.05) is 18.4 Å². The Balaban J connectivity index is 2.33. The Morgan fingerprint density at radius 1 is 1.38 bits per heavy atom. The van der Waals surface area contributed by atoms with E-state index in [-0.39, 0.29) is 5.78 Å². The maximum atomic E-state index is 12.0. The number of hydrogen-bond donors (Lipinski definition) is 0. The van der Waals surface area contributed by atoms with Crippen molar-refractivity contribution in [2.75, 3.05) is 7.11 Å². The maximum absolute atomic E-state index is 12.0. The third kappa shape index (κ3) is 2.09. The molecule has 0 atom stereocenters. The van der Waals surface area contributed by atoms with Crippen LogP contribution in [0.2, 0.25) is 0 Å². The van der Waals surface area contributed by atoms with Crippen LogP contribution in [0.1, 0.15) is 20.9 Å². The Hall–Kier alpha value is -1.75. The van der Waals surface area contributed by atoms with Crippen LogP contribution in [0.4, 0.5) is 0 Å². The van der Waals surface area contributed by atoms with Gasteiger partial charge in [0.05, 0.1) is 7.11 Å². The number of rotatable bonds is 3. The van der Waals surface area contributed by atoms with E-state index in [9.17, 15) is 4.79 Å². The summed E-state index contributed by atoms with van der Waals surface area (Å²) < 4.78 is 4.95. The topological polar surface area (TPSA) is 52.1 Å². The number of carbonyl (C=O) groups excluding carboxylic acids is 1. The molecule has 82 valence electrons. The minimum Gasteiger partial charge on any atom is -0.481 e. The van der Waals surface area contributed by atoms with Crippen LogP contribution in [0.15, 0.2) is 23.8 Å². The van der Waals surface area contributed by atoms with Gasteiger partial charge in [0.15, 0.2) is 0 Å². The summed E-state index contributed by atoms with van der Waals surface area (Å²) >= 11 is 1.54. The highest BCUT2D eigenvalue weighted by atomic mass is 32.1. The second-order valence-corrected chi connectivity index (χ2v) is 4.34. The molecular formula is C11H10N2O2S. The Morgan fingerprint density at radius 2 is 2.19 bits per heavy atom. The fourth-order valence-corrected chi connectivity index (χ4v) is 1.97. The van der Waals surface area contributed by atoms with Crippen molar-refractivity contribution in [3.8, 4) is 5.88 Å². The maximum Gasteiger partial charge on any atom is 0.216 e. The lowest BCUT2D eigenvalue weighted by Gasteiger charge is -2.00. The summed E-state index contributed by atoms with van der Waals surface area (Å²) in [6.07, 6.45) is 1.32. The van der Waals surface area contributed by atoms with Crippen molar-refractivity contribution in [2.24, 2.45) is 0 Å². The zero-order chi connectivity index (χ0) is 11.5. The van der Waals surface area contributed by atoms with Gasteiger partial charge in [-0.15, -0.1) is 11.3 Å². The van der Waals surface area contributed by atoms with Crippen LogP contribution >= 0.6 is 11.3 Å². The zero-order valence-corrected chi connectivity index (χ0v) is 9.75. The van der Waals surface area contributed by atoms with Gasteiger partial charge in [0.2, 0.25) is 11.7 Å². The van der Waals surface area contributed by atoms with Gasteiger partial charge in [-0.2, -0.15) is 0 Å². The van der Waals surface area contributed by atoms with E-state index in [1.165, 1.54) is 19.5 Å². The Labute approximate surface area is 96.9 Å². The van der Waals surface area contributed by atoms with Crippen molar-refractivity contribution in [3.63, 3.8) is 0 Å². The molecule has 0 fully saturated rings. The molecule has 0 amide bonds. The van der Waals surface area contributed by atoms with Crippen LogP contribution in [-0.4, -0.2) is 22.9 Å². The van der Waals surface area contributed by atoms with Crippen molar-refractivity contribution in [2.45, 2.75) is 6.92 Å². The third-order valence-electron chi connectivity index (χ3n) is 2.08. The van der Waals surface area contributed by atoms with E-state index in [0.717, 1.165) is 4.88 Å². The van der Waals surface area contributed by atoms with E-state index in [0.29, 0.717) is 17.1 Å². The Morgan fingerprint density at radius 3 is 2.81 bits per heavy atom. The molecule has 2 aromatic heterocycles. The number of aromatic nitrogens is 2. The van der Waals surface area contributed by atoms with E-state index < -0.39 is 0 Å². The molecule has 0 aromatic carbocycles. The number of methoxy groups -OCH3 is 1. The predicted octanol–water partition coefficient (Wildman–Crippen LogP) is 2.09. The predicted molar refractivity (Wildman–Crippen MR) is 61.1 cm³/mol. The van der Waals surface area contributed by atoms with Crippen molar-refractivity contribution in [1.29, 1.82) is 0 Å². The highest BCUT2D eigenvalue weighted by Gasteiger charge is 2.12. The minimum absolute atomic E-state index is 0.106. The molecule has 16 heavy (non-hydrogen) atoms. The monoisotopic (exact) mass is 234 g/mol. The highest BCUT2D eigenvalue weighted by Crippen LogP contribution is 2.17. The van der Waals surface area contributed by atoms with Crippen molar-refractivity contribution in [1.82, 2.24) is 9.97 Å². The van der Waals surface area contributed by atoms with Crippen LogP contribution in [0.5, 0.6) is 5.88 Å². The first-order valence-electron chi connectivity index (χ1n) is 4.66. The smallest absolute Gasteiger partial charge is 0.216 e. The van der Waals surface area contributed by atoms with Crippen LogP contribution in [0, 0.1) is 6.92 Å². The summed E-state index contributed by atoms with van der Waals surface area (Å²) in [5.74, 6) is 0.287. The van der Waals surface area contributed by atoms with Gasteiger partial charge >= 0.3 is 0 Å². The van der Waals surface area contributed by atoms with E-state index in [1.54, 1.807) is 11.3 Å². The third-order valence-corrected chi connectivity index (χ3v) is 2.94. The molecule has 0 aliphatic rings. The first kappa shape index (κ1) is 10.8. The number of ketones is 1. The quantitative estimate of drug-likeness (QED) is 0.763. The molecule has 4 nitrogen and oxygen atoms in total. The van der Waals surface area contributed by atoms with Gasteiger partial charge in [0.25, 0.3) is 0 Å². The second-order valence-electron chi connectivity index (χ2n) is 3.22. The summed E-state index contributed by atoms with van der Waals surface area (Å²) in [6, 6.07) is 3.39. The van der Waals surface area contributed by atoms with Crippen LogP contribution in [0.25, 0.3) is 0 Å². The number of ether oxygens (including phenoxy) is 1. The number of nitrogens with zero attached hydrogens (tertiary/aromatic N) is 2. The summed E-state index contributed by atoms with van der Waals surface area (Å²) in [5, 5.41) is 1.83. The van der Waals surface area contributed by atoms with Gasteiger partial charge in [-0.3, -0.25) is 4.79 Å². The molecule has 0 unspecified atom stereocenters. The standard InChI is InChI=1S/C11H10N2O2S/c1-7-3-8(5-16-7)11(14)9-4-10(15-2)13-6-12-9/h3-6H,1-2H3. The minimum atomic E-state index is -0.106. The Bertz CT molecular complexity index is 522. The first-order chi connectivity index (χ1) is 7.70. The number of thiophene rings is 1. The highest BCUT2D eigenvalue weighted by molar-refractivity contribution is 7.10. The molecule has 2 aromatic rings. The molecule has 0 aliphatic carbocycles. The average molecular weight is 234 g/mol. The van der Waals surface area contributed by atoms with Crippen LogP contribution in [0.3, 0.4) is 0 Å². The van der Waals surface area contributed by atoms with Crippen molar-refractivity contribution >= 4 is 17.1 Å². The number of aryl methyl sites for hydroxylation is 1. The molecule has 0 bridgehead atoms. The largest absolute Gasteiger partial charge is 0.481 e. The molecule has 0 N–H and O–H groups in total. The molecule has 0 spiro atoms. The lowest BCUT2D eigenvalue weighted by molar-refractivity contribution is 0.103. The Kier molecular flexibility index (Phi) is 2.96. The van der Waals surface area contributed by atoms with Crippen LogP contribution in [-0.2, 0) is 0 Å². The van der Waals surface area contributed by atoms with Gasteiger partial charge in [0.1, 0.15) is 12.0 Å². The fourth-order valence-electron chi connectivity index (χ4n) is 1.29. The number of hydrogen-bond acceptors (Lipinski definition) is 5. The van der Waals surface area contributed by atoms with Gasteiger partial charge in [0, 0.05) is 21.9 Å². The second kappa shape index (κ2) is 4.40. The van der Waals surface area contributed by atoms with E-state index in [4.69, 9.17) is 4.74 Å². The molecule has 2 heterocycles. The summed E-state index contributed by atoms with van der Waals surface area (Å²) in [5.41, 5.74) is 1.01. The van der Waals surface area contributed by atoms with Crippen molar-refractivity contribution < 1.29 is 9.53 Å². The summed E-state index contributed by atoms with van der Waals surface area (Å²) in [6.45, 7) is 1.96. The fraction of sp³-hybridized carbons (Fsp3) is 0.182. The van der Waals surface area contributed by atoms with Gasteiger partial charge in [-0.1, -0.05) is 0 Å². The molecular weight excluding hydrogens is 224 g/mol. The SMILES string of the molecule is COc1cc(C(=O)c2csc(C)c2)ncn1. The molecule has 0 aliphatic heterocycles. The molecule has 0 radical (unpaired) electrons. The molecule has 5 heteroatoms. The van der Waals surface area contributed by atoms with Crippen molar-refractivity contribution in [3.05, 3.63) is 40.0 Å². The lowest BCUT2D eigenvalue weighted by atomic mass is 10.1. The van der Waals surface area contributed by atoms with Gasteiger partial charge in [-0.05, 0) is 13.0 Å². The zero-order valence-electron chi connectivity index (χ0n) is 8.93. The van der Waals surface area contributed by atoms with E-state index >= 15 is 0 Å². The molecule has 2 rings (SSSR count). The summed E-state index contributed by atoms with van der Waals surface area (Å²) in [4.78, 5) is 20.9. The average Bonchev–Trinajstić information content (AvgIpc) is 2.75. The lowest BCUT2D eigenvalue weighted by Crippen LogP contribution is -2.03. The molecule has 0 saturated heterocycles. The first-order valence-corrected chi connectivity index (χ1v) is 5.54.